The van der Waals surface area contributed by atoms with E-state index in [0.29, 0.717) is 16.5 Å². The average Bonchev–Trinajstić information content (AvgIpc) is 2.47. The molecule has 2 aromatic rings. The third-order valence-corrected chi connectivity index (χ3v) is 2.88. The Labute approximate surface area is 125 Å². The van der Waals surface area contributed by atoms with Gasteiger partial charge in [-0.25, -0.2) is 9.78 Å². The quantitative estimate of drug-likeness (QED) is 0.906. The first kappa shape index (κ1) is 14.8. The highest BCUT2D eigenvalue weighted by molar-refractivity contribution is 6.31. The van der Waals surface area contributed by atoms with Gasteiger partial charge in [-0.2, -0.15) is 0 Å². The van der Waals surface area contributed by atoms with Crippen molar-refractivity contribution in [2.45, 2.75) is 0 Å². The first-order chi connectivity index (χ1) is 10.0. The summed E-state index contributed by atoms with van der Waals surface area (Å²) in [6, 6.07) is 7.40. The maximum atomic E-state index is 12.2. The van der Waals surface area contributed by atoms with Crippen LogP contribution in [0, 0.1) is 0 Å². The lowest BCUT2D eigenvalue weighted by atomic mass is 10.2. The number of aromatic nitrogens is 1. The van der Waals surface area contributed by atoms with Crippen LogP contribution in [0.2, 0.25) is 5.02 Å². The second kappa shape index (κ2) is 6.23. The number of aromatic carboxylic acids is 1. The van der Waals surface area contributed by atoms with Crippen molar-refractivity contribution in [2.24, 2.45) is 0 Å². The van der Waals surface area contributed by atoms with Gasteiger partial charge in [0.15, 0.2) is 0 Å². The molecule has 0 radical (unpaired) electrons. The maximum absolute atomic E-state index is 12.2. The predicted molar refractivity (Wildman–Crippen MR) is 77.2 cm³/mol. The van der Waals surface area contributed by atoms with Gasteiger partial charge in [0.1, 0.15) is 11.4 Å². The Bertz CT molecular complexity index is 703. The average molecular weight is 307 g/mol. The molecule has 0 aliphatic carbocycles. The summed E-state index contributed by atoms with van der Waals surface area (Å²) in [5.74, 6) is -1.27. The molecule has 0 unspecified atom stereocenters. The van der Waals surface area contributed by atoms with E-state index >= 15 is 0 Å². The normalized spacial score (nSPS) is 10.0. The Morgan fingerprint density at radius 1 is 1.29 bits per heavy atom. The van der Waals surface area contributed by atoms with Crippen molar-refractivity contribution in [3.63, 3.8) is 0 Å². The number of carboxylic acids is 1. The summed E-state index contributed by atoms with van der Waals surface area (Å²) in [7, 11) is 1.44. The molecule has 2 rings (SSSR count). The smallest absolute Gasteiger partial charge is 0.354 e. The van der Waals surface area contributed by atoms with Crippen LogP contribution in [0.25, 0.3) is 0 Å². The van der Waals surface area contributed by atoms with E-state index in [0.717, 1.165) is 0 Å². The highest BCUT2D eigenvalue weighted by Crippen LogP contribution is 2.23. The first-order valence-electron chi connectivity index (χ1n) is 5.85. The van der Waals surface area contributed by atoms with Gasteiger partial charge >= 0.3 is 5.97 Å². The van der Waals surface area contributed by atoms with Gasteiger partial charge in [-0.1, -0.05) is 11.6 Å². The number of nitrogens with zero attached hydrogens (tertiary/aromatic N) is 1. The molecule has 0 saturated heterocycles. The lowest BCUT2D eigenvalue weighted by Crippen LogP contribution is -2.14. The molecule has 2 N–H and O–H groups in total. The second-order valence-electron chi connectivity index (χ2n) is 4.03. The number of amides is 1. The van der Waals surface area contributed by atoms with Crippen molar-refractivity contribution in [1.29, 1.82) is 0 Å². The first-order valence-corrected chi connectivity index (χ1v) is 6.23. The summed E-state index contributed by atoms with van der Waals surface area (Å²) in [5.41, 5.74) is 0.402. The number of methoxy groups -OCH3 is 1. The molecule has 0 bridgehead atoms. The molecule has 0 aliphatic rings. The maximum Gasteiger partial charge on any atom is 0.354 e. The molecule has 0 atom stereocenters. The number of ether oxygens (including phenoxy) is 1. The summed E-state index contributed by atoms with van der Waals surface area (Å²) in [6.07, 6.45) is 1.30. The van der Waals surface area contributed by atoms with Crippen LogP contribution in [-0.2, 0) is 0 Å². The molecule has 108 valence electrons. The van der Waals surface area contributed by atoms with E-state index in [1.165, 1.54) is 31.5 Å². The van der Waals surface area contributed by atoms with Gasteiger partial charge in [0.25, 0.3) is 5.91 Å². The highest BCUT2D eigenvalue weighted by Gasteiger charge is 2.14. The third-order valence-electron chi connectivity index (χ3n) is 2.64. The molecule has 1 amide bonds. The van der Waals surface area contributed by atoms with Crippen molar-refractivity contribution in [3.05, 3.63) is 52.8 Å². The molecule has 0 fully saturated rings. The Balaban J connectivity index is 2.28. The summed E-state index contributed by atoms with van der Waals surface area (Å²) >= 11 is 5.86. The van der Waals surface area contributed by atoms with Crippen molar-refractivity contribution in [3.8, 4) is 5.75 Å². The number of hydrogen-bond acceptors (Lipinski definition) is 4. The fourth-order valence-corrected chi connectivity index (χ4v) is 1.85. The van der Waals surface area contributed by atoms with Crippen molar-refractivity contribution < 1.29 is 19.4 Å². The minimum absolute atomic E-state index is 0.161. The van der Waals surface area contributed by atoms with Crippen LogP contribution in [0.5, 0.6) is 5.75 Å². The standard InChI is InChI=1S/C14H11ClN2O4/c1-21-12-3-2-8(15)6-10(12)13(18)17-9-4-5-16-11(7-9)14(19)20/h2-7H,1H3,(H,19,20)(H,16,17,18). The van der Waals surface area contributed by atoms with Gasteiger partial charge < -0.3 is 15.2 Å². The molecule has 1 aromatic heterocycles. The highest BCUT2D eigenvalue weighted by atomic mass is 35.5. The van der Waals surface area contributed by atoms with Gasteiger partial charge in [0.2, 0.25) is 0 Å². The van der Waals surface area contributed by atoms with Crippen LogP contribution in [0.4, 0.5) is 5.69 Å². The Morgan fingerprint density at radius 2 is 2.05 bits per heavy atom. The SMILES string of the molecule is COc1ccc(Cl)cc1C(=O)Nc1ccnc(C(=O)O)c1. The monoisotopic (exact) mass is 306 g/mol. The summed E-state index contributed by atoms with van der Waals surface area (Å²) in [4.78, 5) is 26.7. The number of anilines is 1. The molecule has 1 heterocycles. The van der Waals surface area contributed by atoms with Crippen LogP contribution in [0.1, 0.15) is 20.8 Å². The predicted octanol–water partition coefficient (Wildman–Crippen LogP) is 2.69. The van der Waals surface area contributed by atoms with Gasteiger partial charge in [0.05, 0.1) is 12.7 Å². The van der Waals surface area contributed by atoms with Crippen LogP contribution < -0.4 is 10.1 Å². The lowest BCUT2D eigenvalue weighted by molar-refractivity contribution is 0.0690. The van der Waals surface area contributed by atoms with Gasteiger partial charge in [-0.15, -0.1) is 0 Å². The minimum atomic E-state index is -1.17. The number of pyridine rings is 1. The number of carboxylic acid groups (broad SMARTS) is 1. The lowest BCUT2D eigenvalue weighted by Gasteiger charge is -2.10. The largest absolute Gasteiger partial charge is 0.496 e. The molecule has 0 spiro atoms. The van der Waals surface area contributed by atoms with E-state index in [1.807, 2.05) is 0 Å². The van der Waals surface area contributed by atoms with E-state index < -0.39 is 11.9 Å². The molecule has 6 nitrogen and oxygen atoms in total. The third kappa shape index (κ3) is 3.49. The number of rotatable bonds is 4. The van der Waals surface area contributed by atoms with Crippen LogP contribution >= 0.6 is 11.6 Å². The zero-order valence-electron chi connectivity index (χ0n) is 11.0. The van der Waals surface area contributed by atoms with Crippen molar-refractivity contribution in [2.75, 3.05) is 12.4 Å². The molecule has 21 heavy (non-hydrogen) atoms. The Kier molecular flexibility index (Phi) is 4.39. The fraction of sp³-hybridized carbons (Fsp3) is 0.0714. The summed E-state index contributed by atoms with van der Waals surface area (Å²) in [6.45, 7) is 0. The Morgan fingerprint density at radius 3 is 2.71 bits per heavy atom. The number of halogens is 1. The van der Waals surface area contributed by atoms with E-state index in [-0.39, 0.29) is 11.3 Å². The van der Waals surface area contributed by atoms with Crippen LogP contribution in [-0.4, -0.2) is 29.1 Å². The topological polar surface area (TPSA) is 88.5 Å². The van der Waals surface area contributed by atoms with E-state index in [2.05, 4.69) is 10.3 Å². The molecule has 0 saturated carbocycles. The van der Waals surface area contributed by atoms with E-state index in [9.17, 15) is 9.59 Å². The number of carbonyl (C=O) groups is 2. The van der Waals surface area contributed by atoms with Gasteiger partial charge in [0, 0.05) is 16.9 Å². The van der Waals surface area contributed by atoms with Crippen LogP contribution in [0.3, 0.4) is 0 Å². The van der Waals surface area contributed by atoms with Crippen molar-refractivity contribution in [1.82, 2.24) is 4.98 Å². The van der Waals surface area contributed by atoms with E-state index in [4.69, 9.17) is 21.4 Å². The number of benzene rings is 1. The second-order valence-corrected chi connectivity index (χ2v) is 4.47. The molecule has 7 heteroatoms. The number of nitrogens with one attached hydrogen (secondary N) is 1. The Hall–Kier alpha value is -2.60. The summed E-state index contributed by atoms with van der Waals surface area (Å²) in [5, 5.41) is 11.8. The van der Waals surface area contributed by atoms with Gasteiger partial charge in [-0.05, 0) is 30.3 Å². The zero-order chi connectivity index (χ0) is 15.4. The van der Waals surface area contributed by atoms with Gasteiger partial charge in [-0.3, -0.25) is 4.79 Å². The molecule has 1 aromatic carbocycles. The van der Waals surface area contributed by atoms with Crippen LogP contribution in [0.15, 0.2) is 36.5 Å². The minimum Gasteiger partial charge on any atom is -0.496 e. The molecule has 0 aliphatic heterocycles. The number of hydrogen-bond donors (Lipinski definition) is 2. The number of carbonyl (C=O) groups excluding carboxylic acids is 1. The zero-order valence-corrected chi connectivity index (χ0v) is 11.7. The fourth-order valence-electron chi connectivity index (χ4n) is 1.68. The molecular formula is C14H11ClN2O4. The summed E-state index contributed by atoms with van der Waals surface area (Å²) < 4.78 is 5.10. The molecular weight excluding hydrogens is 296 g/mol. The van der Waals surface area contributed by atoms with E-state index in [1.54, 1.807) is 12.1 Å². The van der Waals surface area contributed by atoms with Crippen molar-refractivity contribution >= 4 is 29.2 Å².